The van der Waals surface area contributed by atoms with Crippen LogP contribution in [0.3, 0.4) is 0 Å². The summed E-state index contributed by atoms with van der Waals surface area (Å²) in [6.45, 7) is 3.29. The molecule has 1 aliphatic heterocycles. The number of rotatable bonds is 3. The second-order valence-corrected chi connectivity index (χ2v) is 5.27. The number of nitrogens with zero attached hydrogens (tertiary/aromatic N) is 4. The molecule has 0 amide bonds. The fraction of sp³-hybridized carbons (Fsp3) is 0.400. The summed E-state index contributed by atoms with van der Waals surface area (Å²) < 4.78 is 0. The Morgan fingerprint density at radius 3 is 2.90 bits per heavy atom. The molecular weight excluding hydrogens is 268 g/mol. The summed E-state index contributed by atoms with van der Waals surface area (Å²) in [4.78, 5) is 15.0. The van der Waals surface area contributed by atoms with Crippen LogP contribution in [-0.4, -0.2) is 58.9 Å². The molecule has 0 aliphatic carbocycles. The summed E-state index contributed by atoms with van der Waals surface area (Å²) in [5.41, 5.74) is 0. The number of aromatic nitrogens is 2. The number of hydrogen-bond donors (Lipinski definition) is 1. The average Bonchev–Trinajstić information content (AvgIpc) is 2.71. The van der Waals surface area contributed by atoms with Gasteiger partial charge in [-0.2, -0.15) is 5.10 Å². The van der Waals surface area contributed by atoms with Crippen molar-refractivity contribution in [2.75, 3.05) is 37.6 Å². The van der Waals surface area contributed by atoms with Crippen molar-refractivity contribution in [2.24, 2.45) is 0 Å². The summed E-state index contributed by atoms with van der Waals surface area (Å²) in [6.07, 6.45) is 2.70. The predicted octanol–water partition coefficient (Wildman–Crippen LogP) is 1.23. The van der Waals surface area contributed by atoms with E-state index in [9.17, 15) is 4.79 Å². The maximum Gasteiger partial charge on any atom is 0.317 e. The largest absolute Gasteiger partial charge is 0.480 e. The SMILES string of the molecule is O=C(O)CN1CCCN(c2nncc3ccccc23)CC1. The number of benzene rings is 1. The number of carbonyl (C=O) groups is 1. The first-order valence-corrected chi connectivity index (χ1v) is 7.13. The Bertz CT molecular complexity index is 641. The highest BCUT2D eigenvalue weighted by molar-refractivity contribution is 5.91. The van der Waals surface area contributed by atoms with E-state index in [1.807, 2.05) is 23.1 Å². The molecule has 1 fully saturated rings. The third kappa shape index (κ3) is 3.11. The first-order valence-electron chi connectivity index (χ1n) is 7.13. The van der Waals surface area contributed by atoms with E-state index in [2.05, 4.69) is 21.2 Å². The molecule has 0 unspecified atom stereocenters. The van der Waals surface area contributed by atoms with Crippen molar-refractivity contribution in [2.45, 2.75) is 6.42 Å². The third-order valence-electron chi connectivity index (χ3n) is 3.80. The quantitative estimate of drug-likeness (QED) is 0.915. The molecule has 3 rings (SSSR count). The molecule has 2 heterocycles. The number of carboxylic acid groups (broad SMARTS) is 1. The van der Waals surface area contributed by atoms with E-state index in [-0.39, 0.29) is 6.54 Å². The van der Waals surface area contributed by atoms with Crippen LogP contribution < -0.4 is 4.90 Å². The zero-order valence-electron chi connectivity index (χ0n) is 11.8. The Balaban J connectivity index is 1.81. The highest BCUT2D eigenvalue weighted by Crippen LogP contribution is 2.23. The molecule has 1 aromatic carbocycles. The molecule has 0 radical (unpaired) electrons. The molecule has 6 heteroatoms. The number of anilines is 1. The smallest absolute Gasteiger partial charge is 0.317 e. The molecule has 0 bridgehead atoms. The molecule has 0 saturated carbocycles. The van der Waals surface area contributed by atoms with Gasteiger partial charge in [-0.1, -0.05) is 24.3 Å². The van der Waals surface area contributed by atoms with Crippen LogP contribution in [0, 0.1) is 0 Å². The lowest BCUT2D eigenvalue weighted by Gasteiger charge is -2.22. The minimum Gasteiger partial charge on any atom is -0.480 e. The van der Waals surface area contributed by atoms with Crippen LogP contribution in [0.4, 0.5) is 5.82 Å². The lowest BCUT2D eigenvalue weighted by Crippen LogP contribution is -2.34. The monoisotopic (exact) mass is 286 g/mol. The van der Waals surface area contributed by atoms with E-state index in [4.69, 9.17) is 5.11 Å². The second kappa shape index (κ2) is 6.05. The van der Waals surface area contributed by atoms with Crippen LogP contribution in [0.5, 0.6) is 0 Å². The minimum atomic E-state index is -0.770. The first kappa shape index (κ1) is 13.8. The minimum absolute atomic E-state index is 0.106. The molecule has 0 atom stereocenters. The number of carboxylic acids is 1. The number of fused-ring (bicyclic) bond motifs is 1. The zero-order valence-corrected chi connectivity index (χ0v) is 11.8. The van der Waals surface area contributed by atoms with E-state index >= 15 is 0 Å². The van der Waals surface area contributed by atoms with Crippen LogP contribution in [-0.2, 0) is 4.79 Å². The summed E-state index contributed by atoms with van der Waals surface area (Å²) in [5.74, 6) is 0.124. The van der Waals surface area contributed by atoms with Crippen molar-refractivity contribution in [1.29, 1.82) is 0 Å². The maximum atomic E-state index is 10.8. The van der Waals surface area contributed by atoms with Gasteiger partial charge in [-0.25, -0.2) is 0 Å². The van der Waals surface area contributed by atoms with E-state index < -0.39 is 5.97 Å². The predicted molar refractivity (Wildman–Crippen MR) is 80.4 cm³/mol. The van der Waals surface area contributed by atoms with Gasteiger partial charge in [-0.15, -0.1) is 5.10 Å². The lowest BCUT2D eigenvalue weighted by molar-refractivity contribution is -0.138. The molecule has 0 spiro atoms. The molecule has 110 valence electrons. The van der Waals surface area contributed by atoms with Crippen LogP contribution in [0.25, 0.3) is 10.8 Å². The molecule has 21 heavy (non-hydrogen) atoms. The van der Waals surface area contributed by atoms with Crippen molar-refractivity contribution >= 4 is 22.6 Å². The van der Waals surface area contributed by atoms with Crippen LogP contribution >= 0.6 is 0 Å². The molecular formula is C15H18N4O2. The first-order chi connectivity index (χ1) is 10.2. The number of hydrogen-bond acceptors (Lipinski definition) is 5. The Kier molecular flexibility index (Phi) is 3.96. The fourth-order valence-corrected chi connectivity index (χ4v) is 2.78. The van der Waals surface area contributed by atoms with Gasteiger partial charge in [0.25, 0.3) is 0 Å². The summed E-state index contributed by atoms with van der Waals surface area (Å²) in [5, 5.41) is 19.5. The normalized spacial score (nSPS) is 16.9. The van der Waals surface area contributed by atoms with Gasteiger partial charge in [0.15, 0.2) is 5.82 Å². The van der Waals surface area contributed by atoms with Crippen molar-refractivity contribution in [1.82, 2.24) is 15.1 Å². The van der Waals surface area contributed by atoms with Gasteiger partial charge in [0, 0.05) is 37.0 Å². The second-order valence-electron chi connectivity index (χ2n) is 5.27. The van der Waals surface area contributed by atoms with E-state index in [0.29, 0.717) is 0 Å². The highest BCUT2D eigenvalue weighted by atomic mass is 16.4. The van der Waals surface area contributed by atoms with Crippen molar-refractivity contribution < 1.29 is 9.90 Å². The Hall–Kier alpha value is -2.21. The number of aliphatic carboxylic acids is 1. The highest BCUT2D eigenvalue weighted by Gasteiger charge is 2.19. The Labute approximate surface area is 123 Å². The molecule has 1 saturated heterocycles. The topological polar surface area (TPSA) is 69.6 Å². The Morgan fingerprint density at radius 1 is 1.19 bits per heavy atom. The van der Waals surface area contributed by atoms with Crippen molar-refractivity contribution in [3.8, 4) is 0 Å². The van der Waals surface area contributed by atoms with E-state index in [1.54, 1.807) is 6.20 Å². The van der Waals surface area contributed by atoms with Gasteiger partial charge in [0.1, 0.15) is 0 Å². The summed E-state index contributed by atoms with van der Waals surface area (Å²) in [7, 11) is 0. The molecule has 1 aromatic heterocycles. The standard InChI is InChI=1S/C15H18N4O2/c20-14(21)11-18-6-3-7-19(9-8-18)15-13-5-2-1-4-12(13)10-16-17-15/h1-2,4-5,10H,3,6-9,11H2,(H,20,21). The van der Waals surface area contributed by atoms with Gasteiger partial charge in [-0.05, 0) is 6.42 Å². The van der Waals surface area contributed by atoms with Gasteiger partial charge in [0.05, 0.1) is 12.7 Å². The summed E-state index contributed by atoms with van der Waals surface area (Å²) in [6, 6.07) is 8.08. The van der Waals surface area contributed by atoms with Gasteiger partial charge < -0.3 is 10.0 Å². The van der Waals surface area contributed by atoms with E-state index in [0.717, 1.165) is 49.2 Å². The molecule has 1 aliphatic rings. The van der Waals surface area contributed by atoms with E-state index in [1.165, 1.54) is 0 Å². The van der Waals surface area contributed by atoms with Gasteiger partial charge in [0.2, 0.25) is 0 Å². The summed E-state index contributed by atoms with van der Waals surface area (Å²) >= 11 is 0. The molecule has 6 nitrogen and oxygen atoms in total. The van der Waals surface area contributed by atoms with Crippen LogP contribution in [0.1, 0.15) is 6.42 Å². The molecule has 2 aromatic rings. The fourth-order valence-electron chi connectivity index (χ4n) is 2.78. The average molecular weight is 286 g/mol. The van der Waals surface area contributed by atoms with Crippen molar-refractivity contribution in [3.05, 3.63) is 30.5 Å². The van der Waals surface area contributed by atoms with Gasteiger partial charge in [-0.3, -0.25) is 9.69 Å². The Morgan fingerprint density at radius 2 is 2.05 bits per heavy atom. The van der Waals surface area contributed by atoms with Crippen LogP contribution in [0.15, 0.2) is 30.5 Å². The van der Waals surface area contributed by atoms with Gasteiger partial charge >= 0.3 is 5.97 Å². The zero-order chi connectivity index (χ0) is 14.7. The third-order valence-corrected chi connectivity index (χ3v) is 3.80. The maximum absolute atomic E-state index is 10.8. The van der Waals surface area contributed by atoms with Crippen LogP contribution in [0.2, 0.25) is 0 Å². The lowest BCUT2D eigenvalue weighted by atomic mass is 10.2. The molecule has 1 N–H and O–H groups in total. The van der Waals surface area contributed by atoms with Crippen molar-refractivity contribution in [3.63, 3.8) is 0 Å².